The summed E-state index contributed by atoms with van der Waals surface area (Å²) in [5.74, 6) is -4.35. The maximum atomic E-state index is 13.1. The Morgan fingerprint density at radius 3 is 2.72 bits per heavy atom. The molecule has 0 amide bonds. The molecule has 0 saturated carbocycles. The van der Waals surface area contributed by atoms with Crippen LogP contribution in [0.25, 0.3) is 16.9 Å². The number of aliphatic hydroxyl groups excluding tert-OH is 1. The number of rotatable bonds is 9. The van der Waals surface area contributed by atoms with Crippen molar-refractivity contribution in [2.45, 2.75) is 30.0 Å². The van der Waals surface area contributed by atoms with Crippen LogP contribution >= 0.6 is 0 Å². The Labute approximate surface area is 200 Å². The number of benzene rings is 1. The van der Waals surface area contributed by atoms with Crippen LogP contribution in [0.1, 0.15) is 11.8 Å². The van der Waals surface area contributed by atoms with Gasteiger partial charge in [0, 0.05) is 18.0 Å². The van der Waals surface area contributed by atoms with E-state index in [9.17, 15) is 31.1 Å². The lowest BCUT2D eigenvalue weighted by Crippen LogP contribution is -2.13. The Kier molecular flexibility index (Phi) is 6.77. The summed E-state index contributed by atoms with van der Waals surface area (Å²) >= 11 is 0. The minimum absolute atomic E-state index is 0.0567. The molecule has 4 aromatic rings. The second kappa shape index (κ2) is 9.79. The second-order valence-corrected chi connectivity index (χ2v) is 9.04. The molecule has 11 nitrogen and oxygen atoms in total. The number of sulfone groups is 1. The highest BCUT2D eigenvalue weighted by molar-refractivity contribution is 7.91. The number of ether oxygens (including phenoxy) is 1. The van der Waals surface area contributed by atoms with Crippen molar-refractivity contribution >= 4 is 21.2 Å². The molecule has 0 fully saturated rings. The lowest BCUT2D eigenvalue weighted by atomic mass is 10.1. The minimum Gasteiger partial charge on any atom is -0.434 e. The molecule has 0 spiro atoms. The van der Waals surface area contributed by atoms with Crippen molar-refractivity contribution in [1.82, 2.24) is 24.4 Å². The molecule has 4 rings (SSSR count). The Balaban J connectivity index is 1.83. The normalized spacial score (nSPS) is 12.7. The third-order valence-corrected chi connectivity index (χ3v) is 6.25. The van der Waals surface area contributed by atoms with Gasteiger partial charge < -0.3 is 15.2 Å². The van der Waals surface area contributed by atoms with Crippen LogP contribution in [-0.2, 0) is 16.4 Å². The van der Waals surface area contributed by atoms with E-state index in [2.05, 4.69) is 25.2 Å². The smallest absolute Gasteiger partial charge is 0.387 e. The molecule has 36 heavy (non-hydrogen) atoms. The third kappa shape index (κ3) is 4.78. The highest BCUT2D eigenvalue weighted by Gasteiger charge is 2.29. The van der Waals surface area contributed by atoms with Gasteiger partial charge >= 0.3 is 12.4 Å². The van der Waals surface area contributed by atoms with Crippen LogP contribution in [0.4, 0.5) is 23.2 Å². The molecule has 0 saturated heterocycles. The minimum atomic E-state index is -5.10. The molecule has 3 aromatic heterocycles. The molecule has 1 unspecified atom stereocenters. The fourth-order valence-corrected chi connectivity index (χ4v) is 4.06. The zero-order valence-corrected chi connectivity index (χ0v) is 18.6. The van der Waals surface area contributed by atoms with Gasteiger partial charge in [-0.15, -0.1) is 0 Å². The highest BCUT2D eigenvalue weighted by Crippen LogP contribution is 2.38. The number of anilines is 1. The zero-order valence-electron chi connectivity index (χ0n) is 17.8. The number of aromatic nitrogens is 5. The average Bonchev–Trinajstić information content (AvgIpc) is 3.43. The van der Waals surface area contributed by atoms with Crippen LogP contribution in [0.2, 0.25) is 0 Å². The molecule has 0 aliphatic heterocycles. The van der Waals surface area contributed by atoms with E-state index in [1.54, 1.807) is 12.3 Å². The van der Waals surface area contributed by atoms with Gasteiger partial charge in [0.15, 0.2) is 11.9 Å². The number of fused-ring (bicyclic) bond motifs is 1. The molecule has 3 heterocycles. The number of nitrogens with zero attached hydrogens (tertiary/aromatic N) is 6. The van der Waals surface area contributed by atoms with Gasteiger partial charge in [0.2, 0.25) is 9.84 Å². The van der Waals surface area contributed by atoms with Crippen molar-refractivity contribution in [3.8, 4) is 23.1 Å². The molecule has 0 bridgehead atoms. The van der Waals surface area contributed by atoms with Gasteiger partial charge in [0.25, 0.3) is 0 Å². The van der Waals surface area contributed by atoms with E-state index >= 15 is 0 Å². The first-order valence-electron chi connectivity index (χ1n) is 9.90. The predicted molar refractivity (Wildman–Crippen MR) is 115 cm³/mol. The number of nitriles is 1. The van der Waals surface area contributed by atoms with Crippen LogP contribution in [0, 0.1) is 11.3 Å². The molecule has 0 aliphatic rings. The summed E-state index contributed by atoms with van der Waals surface area (Å²) in [6, 6.07) is 5.61. The van der Waals surface area contributed by atoms with Gasteiger partial charge in [-0.2, -0.15) is 33.0 Å². The zero-order chi connectivity index (χ0) is 26.0. The number of hydrogen-bond donors (Lipinski definition) is 2. The standard InChI is InChI=1S/C20H15F4N7O4S/c21-19(22)35-15-3-2-11(36(33,34)20(23)24)8-12(15)16-14(10-30(29-16)7-4-25)28-18(32)13-9-27-31-6-1-5-26-17(13)31/h1-3,5-6,8-10,18-20,28,32H,7H2. The Hall–Kier alpha value is -4.23. The van der Waals surface area contributed by atoms with E-state index < -0.39 is 44.6 Å². The maximum absolute atomic E-state index is 13.1. The number of aliphatic hydroxyl groups is 1. The summed E-state index contributed by atoms with van der Waals surface area (Å²) < 4.78 is 83.3. The van der Waals surface area contributed by atoms with Crippen molar-refractivity contribution in [3.63, 3.8) is 0 Å². The van der Waals surface area contributed by atoms with Gasteiger partial charge in [0.05, 0.1) is 34.6 Å². The van der Waals surface area contributed by atoms with Crippen LogP contribution in [0.15, 0.2) is 53.9 Å². The summed E-state index contributed by atoms with van der Waals surface area (Å²) in [5.41, 5.74) is -0.210. The summed E-state index contributed by atoms with van der Waals surface area (Å²) in [6.07, 6.45) is 4.12. The summed E-state index contributed by atoms with van der Waals surface area (Å²) in [4.78, 5) is 3.24. The quantitative estimate of drug-likeness (QED) is 0.249. The first-order valence-corrected chi connectivity index (χ1v) is 11.4. The highest BCUT2D eigenvalue weighted by atomic mass is 32.2. The summed E-state index contributed by atoms with van der Waals surface area (Å²) in [6.45, 7) is -3.65. The molecule has 0 radical (unpaired) electrons. The van der Waals surface area contributed by atoms with Crippen molar-refractivity contribution in [2.24, 2.45) is 0 Å². The second-order valence-electron chi connectivity index (χ2n) is 7.12. The van der Waals surface area contributed by atoms with Gasteiger partial charge in [-0.3, -0.25) is 4.68 Å². The van der Waals surface area contributed by atoms with Gasteiger partial charge in [-0.25, -0.2) is 17.9 Å². The van der Waals surface area contributed by atoms with Crippen LogP contribution in [0.5, 0.6) is 5.75 Å². The number of alkyl halides is 4. The van der Waals surface area contributed by atoms with E-state index in [1.165, 1.54) is 23.1 Å². The van der Waals surface area contributed by atoms with Gasteiger partial charge in [-0.1, -0.05) is 0 Å². The van der Waals surface area contributed by atoms with Crippen molar-refractivity contribution in [1.29, 1.82) is 5.26 Å². The summed E-state index contributed by atoms with van der Waals surface area (Å²) in [7, 11) is -5.10. The fraction of sp³-hybridized carbons (Fsp3) is 0.200. The van der Waals surface area contributed by atoms with E-state index in [0.29, 0.717) is 12.1 Å². The van der Waals surface area contributed by atoms with Gasteiger partial charge in [0.1, 0.15) is 18.0 Å². The fourth-order valence-electron chi connectivity index (χ4n) is 3.32. The largest absolute Gasteiger partial charge is 0.434 e. The molecule has 1 aromatic carbocycles. The number of nitrogens with one attached hydrogen (secondary N) is 1. The van der Waals surface area contributed by atoms with Crippen LogP contribution in [-0.4, -0.2) is 50.3 Å². The Morgan fingerprint density at radius 2 is 2.03 bits per heavy atom. The molecule has 188 valence electrons. The van der Waals surface area contributed by atoms with E-state index in [-0.39, 0.29) is 29.1 Å². The van der Waals surface area contributed by atoms with Crippen LogP contribution < -0.4 is 10.1 Å². The first kappa shape index (κ1) is 24.9. The van der Waals surface area contributed by atoms with E-state index in [1.807, 2.05) is 6.07 Å². The topological polar surface area (TPSA) is 147 Å². The number of hydrogen-bond acceptors (Lipinski definition) is 9. The first-order chi connectivity index (χ1) is 17.1. The van der Waals surface area contributed by atoms with E-state index in [4.69, 9.17) is 5.26 Å². The lowest BCUT2D eigenvalue weighted by Gasteiger charge is -2.15. The van der Waals surface area contributed by atoms with Gasteiger partial charge in [-0.05, 0) is 24.3 Å². The van der Waals surface area contributed by atoms with Crippen molar-refractivity contribution < 1.29 is 35.8 Å². The predicted octanol–water partition coefficient (Wildman–Crippen LogP) is 2.82. The Bertz CT molecular complexity index is 1550. The molecular weight excluding hydrogens is 510 g/mol. The molecule has 2 N–H and O–H groups in total. The molecule has 1 atom stereocenters. The lowest BCUT2D eigenvalue weighted by molar-refractivity contribution is -0.0494. The Morgan fingerprint density at radius 1 is 1.25 bits per heavy atom. The maximum Gasteiger partial charge on any atom is 0.387 e. The SMILES string of the molecule is N#CCn1cc(NC(O)c2cnn3cccnc23)c(-c2cc(S(=O)(=O)C(F)F)ccc2OC(F)F)n1. The van der Waals surface area contributed by atoms with Crippen molar-refractivity contribution in [3.05, 3.63) is 54.6 Å². The third-order valence-electron chi connectivity index (χ3n) is 4.87. The average molecular weight is 525 g/mol. The monoisotopic (exact) mass is 525 g/mol. The van der Waals surface area contributed by atoms with E-state index in [0.717, 1.165) is 10.7 Å². The molecular formula is C20H15F4N7O4S. The molecule has 16 heteroatoms. The van der Waals surface area contributed by atoms with Crippen molar-refractivity contribution in [2.75, 3.05) is 5.32 Å². The van der Waals surface area contributed by atoms with Crippen LogP contribution in [0.3, 0.4) is 0 Å². The molecule has 0 aliphatic carbocycles. The summed E-state index contributed by atoms with van der Waals surface area (Å²) in [5, 5.41) is 30.6. The number of halogens is 4.